The minimum absolute atomic E-state index is 0.173. The van der Waals surface area contributed by atoms with E-state index in [1.54, 1.807) is 25.3 Å². The highest BCUT2D eigenvalue weighted by molar-refractivity contribution is 6.33. The van der Waals surface area contributed by atoms with Crippen molar-refractivity contribution in [2.24, 2.45) is 0 Å². The normalized spacial score (nSPS) is 10.2. The second-order valence-electron chi connectivity index (χ2n) is 4.55. The van der Waals surface area contributed by atoms with Gasteiger partial charge in [-0.3, -0.25) is 4.79 Å². The Morgan fingerprint density at radius 2 is 2.05 bits per heavy atom. The number of carbonyl (C=O) groups excluding carboxylic acids is 1. The van der Waals surface area contributed by atoms with Gasteiger partial charge in [0.2, 0.25) is 0 Å². The Labute approximate surface area is 128 Å². The number of anilines is 1. The van der Waals surface area contributed by atoms with E-state index in [4.69, 9.17) is 22.1 Å². The summed E-state index contributed by atoms with van der Waals surface area (Å²) in [6.07, 6.45) is 0.693. The van der Waals surface area contributed by atoms with Gasteiger partial charge >= 0.3 is 0 Å². The van der Waals surface area contributed by atoms with E-state index in [1.807, 2.05) is 24.3 Å². The lowest BCUT2D eigenvalue weighted by molar-refractivity contribution is 0.0954. The van der Waals surface area contributed by atoms with Gasteiger partial charge in [-0.1, -0.05) is 29.8 Å². The molecular formula is C16H17ClN2O2. The van der Waals surface area contributed by atoms with Crippen molar-refractivity contribution in [3.05, 3.63) is 58.6 Å². The minimum atomic E-state index is -0.173. The van der Waals surface area contributed by atoms with Crippen LogP contribution in [0.3, 0.4) is 0 Å². The molecule has 2 aromatic rings. The average molecular weight is 305 g/mol. The van der Waals surface area contributed by atoms with Crippen molar-refractivity contribution in [2.45, 2.75) is 6.42 Å². The average Bonchev–Trinajstić information content (AvgIpc) is 2.50. The molecule has 0 fully saturated rings. The molecule has 21 heavy (non-hydrogen) atoms. The van der Waals surface area contributed by atoms with Crippen LogP contribution < -0.4 is 15.8 Å². The zero-order valence-corrected chi connectivity index (χ0v) is 12.5. The molecule has 0 unspecified atom stereocenters. The molecular weight excluding hydrogens is 288 g/mol. The number of methoxy groups -OCH3 is 1. The lowest BCUT2D eigenvalue weighted by Crippen LogP contribution is -2.25. The Morgan fingerprint density at radius 1 is 1.29 bits per heavy atom. The van der Waals surface area contributed by atoms with Crippen LogP contribution in [0.15, 0.2) is 42.5 Å². The molecule has 3 N–H and O–H groups in total. The molecule has 0 heterocycles. The first-order valence-corrected chi connectivity index (χ1v) is 6.94. The molecule has 4 nitrogen and oxygen atoms in total. The molecule has 0 atom stereocenters. The molecule has 0 aliphatic heterocycles. The van der Waals surface area contributed by atoms with Crippen molar-refractivity contribution in [1.82, 2.24) is 5.32 Å². The lowest BCUT2D eigenvalue weighted by atomic mass is 10.1. The molecule has 0 bridgehead atoms. The minimum Gasteiger partial charge on any atom is -0.496 e. The van der Waals surface area contributed by atoms with Crippen molar-refractivity contribution in [3.8, 4) is 5.75 Å². The zero-order chi connectivity index (χ0) is 15.2. The van der Waals surface area contributed by atoms with Crippen molar-refractivity contribution in [1.29, 1.82) is 0 Å². The number of ether oxygens (including phenoxy) is 1. The number of amides is 1. The molecule has 0 saturated heterocycles. The molecule has 0 saturated carbocycles. The Balaban J connectivity index is 1.93. The second-order valence-corrected chi connectivity index (χ2v) is 4.96. The van der Waals surface area contributed by atoms with Crippen LogP contribution in [0, 0.1) is 0 Å². The number of para-hydroxylation sites is 1. The molecule has 0 aliphatic rings. The van der Waals surface area contributed by atoms with E-state index >= 15 is 0 Å². The third kappa shape index (κ3) is 3.89. The quantitative estimate of drug-likeness (QED) is 0.835. The highest BCUT2D eigenvalue weighted by Crippen LogP contribution is 2.20. The SMILES string of the molecule is COc1ccccc1CCNC(=O)c1ccc(Cl)c(N)c1. The fourth-order valence-electron chi connectivity index (χ4n) is 2.01. The van der Waals surface area contributed by atoms with E-state index in [1.165, 1.54) is 0 Å². The van der Waals surface area contributed by atoms with Gasteiger partial charge in [0, 0.05) is 12.1 Å². The molecule has 0 aromatic heterocycles. The van der Waals surface area contributed by atoms with E-state index < -0.39 is 0 Å². The number of rotatable bonds is 5. The first-order chi connectivity index (χ1) is 10.1. The first-order valence-electron chi connectivity index (χ1n) is 6.57. The van der Waals surface area contributed by atoms with Crippen LogP contribution in [0.1, 0.15) is 15.9 Å². The molecule has 5 heteroatoms. The summed E-state index contributed by atoms with van der Waals surface area (Å²) in [4.78, 5) is 12.0. The van der Waals surface area contributed by atoms with Crippen LogP contribution in [0.2, 0.25) is 5.02 Å². The van der Waals surface area contributed by atoms with Gasteiger partial charge in [0.15, 0.2) is 0 Å². The first kappa shape index (κ1) is 15.2. The third-order valence-electron chi connectivity index (χ3n) is 3.13. The van der Waals surface area contributed by atoms with Crippen LogP contribution in [-0.2, 0) is 6.42 Å². The van der Waals surface area contributed by atoms with Gasteiger partial charge < -0.3 is 15.8 Å². The summed E-state index contributed by atoms with van der Waals surface area (Å²) in [5, 5.41) is 3.30. The van der Waals surface area contributed by atoms with Gasteiger partial charge in [-0.15, -0.1) is 0 Å². The van der Waals surface area contributed by atoms with Crippen molar-refractivity contribution < 1.29 is 9.53 Å². The van der Waals surface area contributed by atoms with E-state index in [0.717, 1.165) is 11.3 Å². The smallest absolute Gasteiger partial charge is 0.251 e. The van der Waals surface area contributed by atoms with Crippen molar-refractivity contribution in [3.63, 3.8) is 0 Å². The van der Waals surface area contributed by atoms with Gasteiger partial charge in [0.05, 0.1) is 17.8 Å². The van der Waals surface area contributed by atoms with E-state index in [0.29, 0.717) is 29.2 Å². The van der Waals surface area contributed by atoms with Gasteiger partial charge in [-0.05, 0) is 36.2 Å². The van der Waals surface area contributed by atoms with E-state index in [9.17, 15) is 4.79 Å². The monoisotopic (exact) mass is 304 g/mol. The number of halogens is 1. The van der Waals surface area contributed by atoms with Crippen LogP contribution >= 0.6 is 11.6 Å². The van der Waals surface area contributed by atoms with Crippen LogP contribution in [0.25, 0.3) is 0 Å². The number of carbonyl (C=O) groups is 1. The van der Waals surface area contributed by atoms with E-state index in [-0.39, 0.29) is 5.91 Å². The van der Waals surface area contributed by atoms with Crippen molar-refractivity contribution >= 4 is 23.2 Å². The molecule has 2 aromatic carbocycles. The summed E-state index contributed by atoms with van der Waals surface area (Å²) < 4.78 is 5.27. The maximum atomic E-state index is 12.0. The fourth-order valence-corrected chi connectivity index (χ4v) is 2.12. The molecule has 0 aliphatic carbocycles. The number of nitrogens with two attached hydrogens (primary N) is 1. The summed E-state index contributed by atoms with van der Waals surface area (Å²) in [5.74, 6) is 0.649. The molecule has 110 valence electrons. The maximum absolute atomic E-state index is 12.0. The number of nitrogen functional groups attached to an aromatic ring is 1. The topological polar surface area (TPSA) is 64.3 Å². The zero-order valence-electron chi connectivity index (χ0n) is 11.7. The van der Waals surface area contributed by atoms with E-state index in [2.05, 4.69) is 5.32 Å². The lowest BCUT2D eigenvalue weighted by Gasteiger charge is -2.09. The summed E-state index contributed by atoms with van der Waals surface area (Å²) in [6, 6.07) is 12.6. The maximum Gasteiger partial charge on any atom is 0.251 e. The number of nitrogens with one attached hydrogen (secondary N) is 1. The van der Waals surface area contributed by atoms with Crippen LogP contribution in [-0.4, -0.2) is 19.6 Å². The molecule has 0 spiro atoms. The Kier molecular flexibility index (Phi) is 5.06. The predicted octanol–water partition coefficient (Wildman–Crippen LogP) is 2.90. The van der Waals surface area contributed by atoms with Gasteiger partial charge in [0.25, 0.3) is 5.91 Å². The molecule has 1 amide bonds. The summed E-state index contributed by atoms with van der Waals surface area (Å²) in [5.41, 5.74) is 7.63. The predicted molar refractivity (Wildman–Crippen MR) is 84.9 cm³/mol. The summed E-state index contributed by atoms with van der Waals surface area (Å²) >= 11 is 5.83. The summed E-state index contributed by atoms with van der Waals surface area (Å²) in [6.45, 7) is 0.516. The fraction of sp³-hybridized carbons (Fsp3) is 0.188. The largest absolute Gasteiger partial charge is 0.496 e. The van der Waals surface area contributed by atoms with Crippen molar-refractivity contribution in [2.75, 3.05) is 19.4 Å². The third-order valence-corrected chi connectivity index (χ3v) is 3.47. The Bertz CT molecular complexity index is 644. The van der Waals surface area contributed by atoms with Crippen LogP contribution in [0.5, 0.6) is 5.75 Å². The standard InChI is InChI=1S/C16H17ClN2O2/c1-21-15-5-3-2-4-11(15)8-9-19-16(20)12-6-7-13(17)14(18)10-12/h2-7,10H,8-9,18H2,1H3,(H,19,20). The Morgan fingerprint density at radius 3 is 2.76 bits per heavy atom. The molecule has 0 radical (unpaired) electrons. The second kappa shape index (κ2) is 6.99. The van der Waals surface area contributed by atoms with Gasteiger partial charge in [-0.25, -0.2) is 0 Å². The summed E-state index contributed by atoms with van der Waals surface area (Å²) in [7, 11) is 1.63. The van der Waals surface area contributed by atoms with Gasteiger partial charge in [-0.2, -0.15) is 0 Å². The highest BCUT2D eigenvalue weighted by atomic mass is 35.5. The van der Waals surface area contributed by atoms with Gasteiger partial charge in [0.1, 0.15) is 5.75 Å². The Hall–Kier alpha value is -2.20. The van der Waals surface area contributed by atoms with Crippen LogP contribution in [0.4, 0.5) is 5.69 Å². The number of hydrogen-bond acceptors (Lipinski definition) is 3. The number of hydrogen-bond donors (Lipinski definition) is 2. The molecule has 2 rings (SSSR count). The number of benzene rings is 2. The highest BCUT2D eigenvalue weighted by Gasteiger charge is 2.08.